The van der Waals surface area contributed by atoms with Crippen molar-refractivity contribution in [2.24, 2.45) is 5.41 Å². The van der Waals surface area contributed by atoms with E-state index in [4.69, 9.17) is 0 Å². The SMILES string of the molecule is CC(C)(C)[C@H](NC(=O)Nc1nc2c(s1)CCCC2)C(=O)O. The number of urea groups is 1. The van der Waals surface area contributed by atoms with Crippen LogP contribution >= 0.6 is 11.3 Å². The van der Waals surface area contributed by atoms with Crippen LogP contribution in [0.1, 0.15) is 44.2 Å². The van der Waals surface area contributed by atoms with E-state index in [0.717, 1.165) is 31.4 Å². The van der Waals surface area contributed by atoms with Gasteiger partial charge in [0, 0.05) is 4.88 Å². The number of carbonyl (C=O) groups excluding carboxylic acids is 1. The van der Waals surface area contributed by atoms with E-state index in [9.17, 15) is 14.7 Å². The van der Waals surface area contributed by atoms with Gasteiger partial charge in [-0.1, -0.05) is 20.8 Å². The lowest BCUT2D eigenvalue weighted by molar-refractivity contribution is -0.141. The summed E-state index contributed by atoms with van der Waals surface area (Å²) >= 11 is 1.48. The van der Waals surface area contributed by atoms with E-state index >= 15 is 0 Å². The summed E-state index contributed by atoms with van der Waals surface area (Å²) in [5.74, 6) is -1.05. The predicted molar refractivity (Wildman–Crippen MR) is 81.8 cm³/mol. The van der Waals surface area contributed by atoms with Crippen LogP contribution in [0.15, 0.2) is 0 Å². The standard InChI is InChI=1S/C14H21N3O3S/c1-14(2,3)10(11(18)19)16-12(20)17-13-15-8-6-4-5-7-9(8)21-13/h10H,4-7H2,1-3H3,(H,18,19)(H2,15,16,17,20)/t10-/m1/s1. The minimum absolute atomic E-state index is 0.525. The molecule has 3 N–H and O–H groups in total. The fourth-order valence-corrected chi connectivity index (χ4v) is 3.36. The van der Waals surface area contributed by atoms with Gasteiger partial charge in [0.1, 0.15) is 6.04 Å². The molecule has 0 saturated heterocycles. The quantitative estimate of drug-likeness (QED) is 0.800. The van der Waals surface area contributed by atoms with Gasteiger partial charge in [-0.25, -0.2) is 14.6 Å². The zero-order valence-corrected chi connectivity index (χ0v) is 13.3. The highest BCUT2D eigenvalue weighted by Gasteiger charge is 2.32. The van der Waals surface area contributed by atoms with Crippen LogP contribution in [0.5, 0.6) is 0 Å². The molecule has 1 aromatic rings. The molecule has 1 heterocycles. The highest BCUT2D eigenvalue weighted by atomic mass is 32.1. The highest BCUT2D eigenvalue weighted by molar-refractivity contribution is 7.15. The van der Waals surface area contributed by atoms with Gasteiger partial charge in [-0.2, -0.15) is 0 Å². The van der Waals surface area contributed by atoms with E-state index in [0.29, 0.717) is 5.13 Å². The van der Waals surface area contributed by atoms with Gasteiger partial charge in [0.25, 0.3) is 0 Å². The number of nitrogens with zero attached hydrogens (tertiary/aromatic N) is 1. The van der Waals surface area contributed by atoms with Crippen molar-refractivity contribution in [2.45, 2.75) is 52.5 Å². The van der Waals surface area contributed by atoms with E-state index < -0.39 is 23.5 Å². The van der Waals surface area contributed by atoms with Gasteiger partial charge in [0.05, 0.1) is 5.69 Å². The summed E-state index contributed by atoms with van der Waals surface area (Å²) in [6.45, 7) is 5.32. The summed E-state index contributed by atoms with van der Waals surface area (Å²) in [6, 6.07) is -1.48. The van der Waals surface area contributed by atoms with Crippen molar-refractivity contribution in [3.63, 3.8) is 0 Å². The molecule has 0 aromatic carbocycles. The van der Waals surface area contributed by atoms with Crippen LogP contribution in [0, 0.1) is 5.41 Å². The minimum Gasteiger partial charge on any atom is -0.480 e. The maximum Gasteiger partial charge on any atom is 0.326 e. The third kappa shape index (κ3) is 3.93. The van der Waals surface area contributed by atoms with E-state index in [1.165, 1.54) is 16.2 Å². The molecule has 1 aliphatic carbocycles. The Morgan fingerprint density at radius 1 is 1.29 bits per heavy atom. The maximum absolute atomic E-state index is 12.0. The second-order valence-corrected chi connectivity index (χ2v) is 7.42. The van der Waals surface area contributed by atoms with Crippen LogP contribution in [0.25, 0.3) is 0 Å². The van der Waals surface area contributed by atoms with Crippen LogP contribution in [0.4, 0.5) is 9.93 Å². The molecule has 2 rings (SSSR count). The van der Waals surface area contributed by atoms with Gasteiger partial charge < -0.3 is 10.4 Å². The number of carboxylic acid groups (broad SMARTS) is 1. The van der Waals surface area contributed by atoms with Crippen LogP contribution in [0.2, 0.25) is 0 Å². The third-order valence-corrected chi connectivity index (χ3v) is 4.53. The molecular weight excluding hydrogens is 290 g/mol. The average molecular weight is 311 g/mol. The molecule has 2 amide bonds. The molecule has 1 atom stereocenters. The lowest BCUT2D eigenvalue weighted by Gasteiger charge is -2.27. The number of aromatic nitrogens is 1. The van der Waals surface area contributed by atoms with Gasteiger partial charge in [-0.05, 0) is 31.1 Å². The Kier molecular flexibility index (Phi) is 4.51. The van der Waals surface area contributed by atoms with Gasteiger partial charge in [0.2, 0.25) is 0 Å². The first-order valence-corrected chi connectivity index (χ1v) is 7.88. The topological polar surface area (TPSA) is 91.3 Å². The fraction of sp³-hybridized carbons (Fsp3) is 0.643. The summed E-state index contributed by atoms with van der Waals surface area (Å²) in [5.41, 5.74) is 0.498. The summed E-state index contributed by atoms with van der Waals surface area (Å²) in [7, 11) is 0. The van der Waals surface area contributed by atoms with E-state index in [1.54, 1.807) is 20.8 Å². The number of fused-ring (bicyclic) bond motifs is 1. The molecule has 0 radical (unpaired) electrons. The fourth-order valence-electron chi connectivity index (χ4n) is 2.32. The zero-order valence-electron chi connectivity index (χ0n) is 12.5. The maximum atomic E-state index is 12.0. The number of rotatable bonds is 3. The van der Waals surface area contributed by atoms with Crippen LogP contribution in [0.3, 0.4) is 0 Å². The molecular formula is C14H21N3O3S. The monoisotopic (exact) mass is 311 g/mol. The Bertz CT molecular complexity index is 525. The number of hydrogen-bond acceptors (Lipinski definition) is 4. The number of nitrogens with one attached hydrogen (secondary N) is 2. The zero-order chi connectivity index (χ0) is 15.6. The molecule has 1 aliphatic rings. The Hall–Kier alpha value is -1.63. The van der Waals surface area contributed by atoms with Crippen molar-refractivity contribution in [3.05, 3.63) is 10.6 Å². The molecule has 1 aromatic heterocycles. The average Bonchev–Trinajstić information content (AvgIpc) is 2.76. The first-order chi connectivity index (χ1) is 9.77. The van der Waals surface area contributed by atoms with Gasteiger partial charge in [-0.15, -0.1) is 11.3 Å². The van der Waals surface area contributed by atoms with Gasteiger partial charge in [0.15, 0.2) is 5.13 Å². The molecule has 7 heteroatoms. The minimum atomic E-state index is -1.05. The Morgan fingerprint density at radius 3 is 2.52 bits per heavy atom. The van der Waals surface area contributed by atoms with Crippen molar-refractivity contribution in [1.29, 1.82) is 0 Å². The number of carbonyl (C=O) groups is 2. The van der Waals surface area contributed by atoms with Crippen molar-refractivity contribution in [1.82, 2.24) is 10.3 Å². The molecule has 0 spiro atoms. The Morgan fingerprint density at radius 2 is 1.95 bits per heavy atom. The van der Waals surface area contributed by atoms with Gasteiger partial charge in [-0.3, -0.25) is 5.32 Å². The molecule has 0 fully saturated rings. The first kappa shape index (κ1) is 15.8. The lowest BCUT2D eigenvalue weighted by Crippen LogP contribution is -2.50. The number of anilines is 1. The normalized spacial score (nSPS) is 16.0. The molecule has 0 aliphatic heterocycles. The predicted octanol–water partition coefficient (Wildman–Crippen LogP) is 2.64. The van der Waals surface area contributed by atoms with Crippen molar-refractivity contribution in [3.8, 4) is 0 Å². The number of amides is 2. The number of thiazole rings is 1. The van der Waals surface area contributed by atoms with Crippen LogP contribution < -0.4 is 10.6 Å². The summed E-state index contributed by atoms with van der Waals surface area (Å²) in [5, 5.41) is 14.9. The smallest absolute Gasteiger partial charge is 0.326 e. The van der Waals surface area contributed by atoms with E-state index in [2.05, 4.69) is 15.6 Å². The lowest BCUT2D eigenvalue weighted by atomic mass is 9.87. The largest absolute Gasteiger partial charge is 0.480 e. The molecule has 116 valence electrons. The molecule has 0 bridgehead atoms. The van der Waals surface area contributed by atoms with Crippen LogP contribution in [-0.4, -0.2) is 28.1 Å². The molecule has 6 nitrogen and oxygen atoms in total. The number of aliphatic carboxylic acids is 1. The number of hydrogen-bond donors (Lipinski definition) is 3. The van der Waals surface area contributed by atoms with Crippen molar-refractivity contribution in [2.75, 3.05) is 5.32 Å². The highest BCUT2D eigenvalue weighted by Crippen LogP contribution is 2.29. The first-order valence-electron chi connectivity index (χ1n) is 7.06. The van der Waals surface area contributed by atoms with Crippen molar-refractivity contribution >= 4 is 28.5 Å². The third-order valence-electron chi connectivity index (χ3n) is 3.45. The Balaban J connectivity index is 2.01. The molecule has 0 saturated carbocycles. The van der Waals surface area contributed by atoms with E-state index in [-0.39, 0.29) is 0 Å². The van der Waals surface area contributed by atoms with E-state index in [1.807, 2.05) is 0 Å². The molecule has 21 heavy (non-hydrogen) atoms. The Labute approximate surface area is 128 Å². The van der Waals surface area contributed by atoms with Crippen molar-refractivity contribution < 1.29 is 14.7 Å². The van der Waals surface area contributed by atoms with Gasteiger partial charge >= 0.3 is 12.0 Å². The number of carboxylic acids is 1. The number of aryl methyl sites for hydroxylation is 2. The summed E-state index contributed by atoms with van der Waals surface area (Å²) in [6.07, 6.45) is 4.25. The second-order valence-electron chi connectivity index (χ2n) is 6.33. The molecule has 0 unspecified atom stereocenters. The van der Waals surface area contributed by atoms with Crippen LogP contribution in [-0.2, 0) is 17.6 Å². The summed E-state index contributed by atoms with van der Waals surface area (Å²) < 4.78 is 0. The summed E-state index contributed by atoms with van der Waals surface area (Å²) in [4.78, 5) is 28.8. The second kappa shape index (κ2) is 6.01.